The lowest BCUT2D eigenvalue weighted by Gasteiger charge is -2.18. The van der Waals surface area contributed by atoms with Gasteiger partial charge in [0, 0.05) is 17.8 Å². The van der Waals surface area contributed by atoms with Crippen LogP contribution < -0.4 is 20.1 Å². The standard InChI is InChI=1S/C18H19N5O3/c1-25-17-12-10-19-16(9-14(12)22-23-17)21-18(24)20-13-6-4-8-26-15-7-3-2-5-11(13)15/h2-3,5,7,9-10,13H,4,6,8H2,1H3,(H,22,23)(H2,19,20,21,24). The number of rotatable bonds is 3. The summed E-state index contributed by atoms with van der Waals surface area (Å²) >= 11 is 0. The van der Waals surface area contributed by atoms with E-state index in [0.29, 0.717) is 18.3 Å². The Morgan fingerprint density at radius 3 is 3.15 bits per heavy atom. The van der Waals surface area contributed by atoms with Crippen LogP contribution in [0.25, 0.3) is 10.9 Å². The van der Waals surface area contributed by atoms with Crippen molar-refractivity contribution in [2.75, 3.05) is 19.0 Å². The van der Waals surface area contributed by atoms with E-state index >= 15 is 0 Å². The number of nitrogens with one attached hydrogen (secondary N) is 3. The number of hydrogen-bond donors (Lipinski definition) is 3. The molecule has 1 aliphatic heterocycles. The van der Waals surface area contributed by atoms with Crippen molar-refractivity contribution < 1.29 is 14.3 Å². The SMILES string of the molecule is COc1n[nH]c2cc(NC(=O)NC3CCCOc4ccccc43)ncc12. The average Bonchev–Trinajstić information content (AvgIpc) is 2.96. The number of H-pyrrole nitrogens is 1. The monoisotopic (exact) mass is 353 g/mol. The van der Waals surface area contributed by atoms with Gasteiger partial charge in [-0.15, -0.1) is 5.10 Å². The van der Waals surface area contributed by atoms with Gasteiger partial charge in [-0.2, -0.15) is 0 Å². The molecule has 1 atom stereocenters. The third-order valence-corrected chi connectivity index (χ3v) is 4.34. The predicted molar refractivity (Wildman–Crippen MR) is 96.5 cm³/mol. The fraction of sp³-hybridized carbons (Fsp3) is 0.278. The number of nitrogens with zero attached hydrogens (tertiary/aromatic N) is 2. The molecule has 0 spiro atoms. The lowest BCUT2D eigenvalue weighted by molar-refractivity contribution is 0.247. The first-order chi connectivity index (χ1) is 12.7. The van der Waals surface area contributed by atoms with Crippen molar-refractivity contribution in [1.82, 2.24) is 20.5 Å². The van der Waals surface area contributed by atoms with Gasteiger partial charge in [0.2, 0.25) is 5.88 Å². The van der Waals surface area contributed by atoms with Gasteiger partial charge >= 0.3 is 6.03 Å². The van der Waals surface area contributed by atoms with Gasteiger partial charge < -0.3 is 14.8 Å². The number of amides is 2. The minimum absolute atomic E-state index is 0.107. The van der Waals surface area contributed by atoms with Crippen molar-refractivity contribution in [3.05, 3.63) is 42.1 Å². The summed E-state index contributed by atoms with van der Waals surface area (Å²) < 4.78 is 10.9. The van der Waals surface area contributed by atoms with Crippen LogP contribution in [0.3, 0.4) is 0 Å². The van der Waals surface area contributed by atoms with Crippen LogP contribution in [-0.2, 0) is 0 Å². The topological polar surface area (TPSA) is 101 Å². The molecule has 1 unspecified atom stereocenters. The minimum Gasteiger partial charge on any atom is -0.493 e. The molecule has 26 heavy (non-hydrogen) atoms. The van der Waals surface area contributed by atoms with Gasteiger partial charge in [0.05, 0.1) is 30.7 Å². The van der Waals surface area contributed by atoms with Crippen LogP contribution in [0, 0.1) is 0 Å². The Balaban J connectivity index is 1.49. The molecule has 0 fully saturated rings. The Hall–Kier alpha value is -3.29. The number of anilines is 1. The van der Waals surface area contributed by atoms with E-state index in [1.165, 1.54) is 0 Å². The number of para-hydroxylation sites is 1. The molecule has 134 valence electrons. The van der Waals surface area contributed by atoms with Gasteiger partial charge in [-0.3, -0.25) is 10.4 Å². The van der Waals surface area contributed by atoms with E-state index < -0.39 is 0 Å². The highest BCUT2D eigenvalue weighted by atomic mass is 16.5. The Morgan fingerprint density at radius 2 is 2.27 bits per heavy atom. The zero-order valence-electron chi connectivity index (χ0n) is 14.3. The molecule has 4 rings (SSSR count). The predicted octanol–water partition coefficient (Wildman–Crippen LogP) is 3.00. The van der Waals surface area contributed by atoms with Gasteiger partial charge in [0.1, 0.15) is 11.6 Å². The molecule has 8 heteroatoms. The molecule has 1 aliphatic rings. The first-order valence-corrected chi connectivity index (χ1v) is 8.42. The first-order valence-electron chi connectivity index (χ1n) is 8.42. The van der Waals surface area contributed by atoms with E-state index in [-0.39, 0.29) is 12.1 Å². The van der Waals surface area contributed by atoms with Gasteiger partial charge in [-0.25, -0.2) is 9.78 Å². The van der Waals surface area contributed by atoms with Crippen LogP contribution in [-0.4, -0.2) is 34.9 Å². The Bertz CT molecular complexity index is 939. The number of urea groups is 1. The summed E-state index contributed by atoms with van der Waals surface area (Å²) in [6.45, 7) is 0.649. The smallest absolute Gasteiger partial charge is 0.320 e. The zero-order chi connectivity index (χ0) is 17.9. The number of carbonyl (C=O) groups is 1. The fourth-order valence-electron chi connectivity index (χ4n) is 3.10. The molecule has 0 saturated heterocycles. The first kappa shape index (κ1) is 16.2. The van der Waals surface area contributed by atoms with Gasteiger partial charge in [-0.1, -0.05) is 18.2 Å². The van der Waals surface area contributed by atoms with Crippen molar-refractivity contribution in [3.8, 4) is 11.6 Å². The summed E-state index contributed by atoms with van der Waals surface area (Å²) in [6, 6.07) is 9.07. The number of ether oxygens (including phenoxy) is 2. The molecule has 3 N–H and O–H groups in total. The number of hydrogen-bond acceptors (Lipinski definition) is 5. The lowest BCUT2D eigenvalue weighted by atomic mass is 10.0. The van der Waals surface area contributed by atoms with Crippen molar-refractivity contribution in [2.24, 2.45) is 0 Å². The van der Waals surface area contributed by atoms with Crippen molar-refractivity contribution in [2.45, 2.75) is 18.9 Å². The van der Waals surface area contributed by atoms with E-state index in [2.05, 4.69) is 25.8 Å². The molecule has 3 heterocycles. The maximum absolute atomic E-state index is 12.4. The Kier molecular flexibility index (Phi) is 4.30. The highest BCUT2D eigenvalue weighted by molar-refractivity contribution is 5.92. The largest absolute Gasteiger partial charge is 0.493 e. The number of aromatic amines is 1. The number of pyridine rings is 1. The molecule has 0 bridgehead atoms. The summed E-state index contributed by atoms with van der Waals surface area (Å²) in [5, 5.41) is 13.4. The van der Waals surface area contributed by atoms with Crippen molar-refractivity contribution >= 4 is 22.8 Å². The van der Waals surface area contributed by atoms with E-state index in [9.17, 15) is 4.79 Å². The second-order valence-corrected chi connectivity index (χ2v) is 6.03. The number of methoxy groups -OCH3 is 1. The molecule has 1 aromatic carbocycles. The number of benzene rings is 1. The highest BCUT2D eigenvalue weighted by Crippen LogP contribution is 2.31. The Labute approximate surface area is 149 Å². The van der Waals surface area contributed by atoms with E-state index in [1.54, 1.807) is 19.4 Å². The number of aromatic nitrogens is 3. The average molecular weight is 353 g/mol. The zero-order valence-corrected chi connectivity index (χ0v) is 14.3. The molecule has 0 saturated carbocycles. The van der Waals surface area contributed by atoms with Crippen LogP contribution in [0.1, 0.15) is 24.4 Å². The van der Waals surface area contributed by atoms with Crippen LogP contribution in [0.2, 0.25) is 0 Å². The normalized spacial score (nSPS) is 16.3. The molecular weight excluding hydrogens is 334 g/mol. The highest BCUT2D eigenvalue weighted by Gasteiger charge is 2.21. The fourth-order valence-corrected chi connectivity index (χ4v) is 3.10. The van der Waals surface area contributed by atoms with Gasteiger partial charge in [0.15, 0.2) is 0 Å². The summed E-state index contributed by atoms with van der Waals surface area (Å²) in [5.74, 6) is 1.72. The van der Waals surface area contributed by atoms with E-state index in [0.717, 1.165) is 35.1 Å². The third kappa shape index (κ3) is 3.13. The summed E-state index contributed by atoms with van der Waals surface area (Å²) in [5.41, 5.74) is 1.72. The maximum Gasteiger partial charge on any atom is 0.320 e. The molecule has 8 nitrogen and oxygen atoms in total. The molecule has 0 radical (unpaired) electrons. The molecule has 0 aliphatic carbocycles. The second kappa shape index (κ2) is 6.91. The quantitative estimate of drug-likeness (QED) is 0.672. The number of fused-ring (bicyclic) bond motifs is 2. The van der Waals surface area contributed by atoms with Crippen LogP contribution >= 0.6 is 0 Å². The van der Waals surface area contributed by atoms with E-state index in [4.69, 9.17) is 9.47 Å². The molecule has 3 aromatic rings. The summed E-state index contributed by atoms with van der Waals surface area (Å²) in [6.07, 6.45) is 3.30. The summed E-state index contributed by atoms with van der Waals surface area (Å²) in [7, 11) is 1.55. The summed E-state index contributed by atoms with van der Waals surface area (Å²) in [4.78, 5) is 16.7. The van der Waals surface area contributed by atoms with Gasteiger partial charge in [-0.05, 0) is 18.9 Å². The van der Waals surface area contributed by atoms with E-state index in [1.807, 2.05) is 24.3 Å². The Morgan fingerprint density at radius 1 is 1.38 bits per heavy atom. The third-order valence-electron chi connectivity index (χ3n) is 4.34. The van der Waals surface area contributed by atoms with Gasteiger partial charge in [0.25, 0.3) is 0 Å². The molecule has 2 amide bonds. The van der Waals surface area contributed by atoms with Crippen LogP contribution in [0.15, 0.2) is 36.5 Å². The lowest BCUT2D eigenvalue weighted by Crippen LogP contribution is -2.32. The molecular formula is C18H19N5O3. The maximum atomic E-state index is 12.4. The van der Waals surface area contributed by atoms with Crippen molar-refractivity contribution in [3.63, 3.8) is 0 Å². The number of carbonyl (C=O) groups excluding carboxylic acids is 1. The van der Waals surface area contributed by atoms with Crippen molar-refractivity contribution in [1.29, 1.82) is 0 Å². The second-order valence-electron chi connectivity index (χ2n) is 6.03. The molecule has 2 aromatic heterocycles. The van der Waals surface area contributed by atoms with Crippen LogP contribution in [0.5, 0.6) is 11.6 Å². The minimum atomic E-state index is -0.315. The van der Waals surface area contributed by atoms with Crippen LogP contribution in [0.4, 0.5) is 10.6 Å².